The van der Waals surface area contributed by atoms with E-state index in [0.29, 0.717) is 6.54 Å². The highest BCUT2D eigenvalue weighted by Gasteiger charge is 2.07. The number of anilines is 1. The molecule has 0 bridgehead atoms. The van der Waals surface area contributed by atoms with Crippen molar-refractivity contribution in [2.75, 3.05) is 18.0 Å². The van der Waals surface area contributed by atoms with E-state index in [4.69, 9.17) is 5.26 Å². The summed E-state index contributed by atoms with van der Waals surface area (Å²) in [6, 6.07) is 3.66. The highest BCUT2D eigenvalue weighted by molar-refractivity contribution is 5.42. The van der Waals surface area contributed by atoms with Crippen molar-refractivity contribution in [1.82, 2.24) is 9.78 Å². The summed E-state index contributed by atoms with van der Waals surface area (Å²) in [5, 5.41) is 12.8. The van der Waals surface area contributed by atoms with Crippen molar-refractivity contribution in [2.24, 2.45) is 5.92 Å². The zero-order chi connectivity index (χ0) is 12.8. The third-order valence-corrected chi connectivity index (χ3v) is 2.65. The Balaban J connectivity index is 2.94. The first kappa shape index (κ1) is 13.2. The summed E-state index contributed by atoms with van der Waals surface area (Å²) < 4.78 is 1.33. The zero-order valence-corrected chi connectivity index (χ0v) is 10.6. The number of aromatic nitrogens is 2. The van der Waals surface area contributed by atoms with Crippen LogP contribution in [0.2, 0.25) is 0 Å². The lowest BCUT2D eigenvalue weighted by Crippen LogP contribution is -2.28. The number of hydrogen-bond donors (Lipinski definition) is 0. The summed E-state index contributed by atoms with van der Waals surface area (Å²) >= 11 is 0. The number of nitriles is 1. The monoisotopic (exact) mass is 234 g/mol. The summed E-state index contributed by atoms with van der Waals surface area (Å²) in [5.41, 5.74) is 0.678. The van der Waals surface area contributed by atoms with E-state index in [1.165, 1.54) is 4.68 Å². The SMILES string of the molecule is CCN(CC)c1cnn(CC(C)C#N)c(=O)c1. The summed E-state index contributed by atoms with van der Waals surface area (Å²) in [7, 11) is 0. The first-order chi connectivity index (χ1) is 8.12. The van der Waals surface area contributed by atoms with Gasteiger partial charge in [-0.3, -0.25) is 4.79 Å². The molecule has 0 aliphatic carbocycles. The fourth-order valence-electron chi connectivity index (χ4n) is 1.62. The molecule has 0 saturated carbocycles. The van der Waals surface area contributed by atoms with Crippen LogP contribution in [-0.2, 0) is 6.54 Å². The second-order valence-corrected chi connectivity index (χ2v) is 3.94. The summed E-state index contributed by atoms with van der Waals surface area (Å²) in [5.74, 6) is -0.209. The summed E-state index contributed by atoms with van der Waals surface area (Å²) in [4.78, 5) is 13.9. The molecule has 0 aliphatic heterocycles. The average molecular weight is 234 g/mol. The Morgan fingerprint density at radius 3 is 2.65 bits per heavy atom. The predicted octanol–water partition coefficient (Wildman–Crippen LogP) is 1.25. The van der Waals surface area contributed by atoms with Crippen LogP contribution in [-0.4, -0.2) is 22.9 Å². The Morgan fingerprint density at radius 1 is 1.53 bits per heavy atom. The molecule has 0 aliphatic rings. The largest absolute Gasteiger partial charge is 0.371 e. The Labute approximate surface area is 101 Å². The van der Waals surface area contributed by atoms with Gasteiger partial charge in [0.2, 0.25) is 0 Å². The molecule has 0 saturated heterocycles. The van der Waals surface area contributed by atoms with Gasteiger partial charge >= 0.3 is 0 Å². The molecule has 5 nitrogen and oxygen atoms in total. The van der Waals surface area contributed by atoms with Crippen LogP contribution in [0.4, 0.5) is 5.69 Å². The summed E-state index contributed by atoms with van der Waals surface area (Å²) in [6.45, 7) is 7.87. The molecule has 0 amide bonds. The lowest BCUT2D eigenvalue weighted by molar-refractivity contribution is 0.503. The molecule has 1 heterocycles. The minimum atomic E-state index is -0.209. The Bertz CT molecular complexity index is 456. The van der Waals surface area contributed by atoms with Crippen molar-refractivity contribution >= 4 is 5.69 Å². The van der Waals surface area contributed by atoms with E-state index in [2.05, 4.69) is 16.1 Å². The van der Waals surface area contributed by atoms with Crippen molar-refractivity contribution in [2.45, 2.75) is 27.3 Å². The van der Waals surface area contributed by atoms with Crippen LogP contribution in [0.25, 0.3) is 0 Å². The van der Waals surface area contributed by atoms with Gasteiger partial charge in [-0.15, -0.1) is 0 Å². The summed E-state index contributed by atoms with van der Waals surface area (Å²) in [6.07, 6.45) is 1.68. The lowest BCUT2D eigenvalue weighted by Gasteiger charge is -2.20. The van der Waals surface area contributed by atoms with Gasteiger partial charge in [-0.2, -0.15) is 10.4 Å². The molecular formula is C12H18N4O. The van der Waals surface area contributed by atoms with Gasteiger partial charge in [0.15, 0.2) is 0 Å². The first-order valence-electron chi connectivity index (χ1n) is 5.84. The maximum atomic E-state index is 11.8. The Morgan fingerprint density at radius 2 is 2.18 bits per heavy atom. The number of hydrogen-bond acceptors (Lipinski definition) is 4. The normalized spacial score (nSPS) is 11.9. The molecule has 1 rings (SSSR count). The standard InChI is InChI=1S/C12H18N4O/c1-4-15(5-2)11-6-12(17)16(14-8-11)9-10(3)7-13/h6,8,10H,4-5,9H2,1-3H3. The van der Waals surface area contributed by atoms with E-state index in [0.717, 1.165) is 18.8 Å². The molecule has 0 radical (unpaired) electrons. The minimum absolute atomic E-state index is 0.156. The molecular weight excluding hydrogens is 216 g/mol. The molecule has 1 aromatic heterocycles. The van der Waals surface area contributed by atoms with Crippen LogP contribution < -0.4 is 10.5 Å². The van der Waals surface area contributed by atoms with Crippen molar-refractivity contribution < 1.29 is 0 Å². The molecule has 92 valence electrons. The smallest absolute Gasteiger partial charge is 0.268 e. The second kappa shape index (κ2) is 6.04. The van der Waals surface area contributed by atoms with Crippen molar-refractivity contribution in [3.05, 3.63) is 22.6 Å². The maximum Gasteiger partial charge on any atom is 0.268 e. The van der Waals surface area contributed by atoms with Gasteiger partial charge in [-0.25, -0.2) is 4.68 Å². The van der Waals surface area contributed by atoms with E-state index in [1.807, 2.05) is 13.8 Å². The molecule has 0 spiro atoms. The maximum absolute atomic E-state index is 11.8. The Hall–Kier alpha value is -1.83. The van der Waals surface area contributed by atoms with Crippen LogP contribution in [0, 0.1) is 17.2 Å². The van der Waals surface area contributed by atoms with E-state index in [-0.39, 0.29) is 11.5 Å². The highest BCUT2D eigenvalue weighted by atomic mass is 16.1. The van der Waals surface area contributed by atoms with E-state index >= 15 is 0 Å². The van der Waals surface area contributed by atoms with Crippen molar-refractivity contribution in [1.29, 1.82) is 5.26 Å². The van der Waals surface area contributed by atoms with Gasteiger partial charge in [0, 0.05) is 19.2 Å². The molecule has 5 heteroatoms. The van der Waals surface area contributed by atoms with E-state index in [1.54, 1.807) is 19.2 Å². The molecule has 17 heavy (non-hydrogen) atoms. The van der Waals surface area contributed by atoms with E-state index in [9.17, 15) is 4.79 Å². The zero-order valence-electron chi connectivity index (χ0n) is 10.6. The third-order valence-electron chi connectivity index (χ3n) is 2.65. The first-order valence-corrected chi connectivity index (χ1v) is 5.84. The fraction of sp³-hybridized carbons (Fsp3) is 0.583. The molecule has 1 unspecified atom stereocenters. The molecule has 1 aromatic rings. The predicted molar refractivity (Wildman–Crippen MR) is 66.8 cm³/mol. The van der Waals surface area contributed by atoms with Gasteiger partial charge in [0.05, 0.1) is 30.4 Å². The Kier molecular flexibility index (Phi) is 4.70. The fourth-order valence-corrected chi connectivity index (χ4v) is 1.62. The van der Waals surface area contributed by atoms with Crippen LogP contribution in [0.1, 0.15) is 20.8 Å². The number of rotatable bonds is 5. The average Bonchev–Trinajstić information content (AvgIpc) is 2.33. The van der Waals surface area contributed by atoms with Crippen LogP contribution in [0.5, 0.6) is 0 Å². The molecule has 0 N–H and O–H groups in total. The van der Waals surface area contributed by atoms with Gasteiger partial charge in [-0.05, 0) is 20.8 Å². The quantitative estimate of drug-likeness (QED) is 0.769. The number of nitrogens with zero attached hydrogens (tertiary/aromatic N) is 4. The third kappa shape index (κ3) is 3.31. The topological polar surface area (TPSA) is 61.9 Å². The lowest BCUT2D eigenvalue weighted by atomic mass is 10.2. The minimum Gasteiger partial charge on any atom is -0.371 e. The molecule has 1 atom stereocenters. The van der Waals surface area contributed by atoms with E-state index < -0.39 is 0 Å². The van der Waals surface area contributed by atoms with Gasteiger partial charge in [0.1, 0.15) is 0 Å². The van der Waals surface area contributed by atoms with Gasteiger partial charge in [-0.1, -0.05) is 0 Å². The van der Waals surface area contributed by atoms with Gasteiger partial charge in [0.25, 0.3) is 5.56 Å². The van der Waals surface area contributed by atoms with Crippen LogP contribution >= 0.6 is 0 Å². The van der Waals surface area contributed by atoms with Crippen LogP contribution in [0.3, 0.4) is 0 Å². The molecule has 0 aromatic carbocycles. The van der Waals surface area contributed by atoms with Crippen LogP contribution in [0.15, 0.2) is 17.1 Å². The van der Waals surface area contributed by atoms with Crippen molar-refractivity contribution in [3.63, 3.8) is 0 Å². The van der Waals surface area contributed by atoms with Crippen molar-refractivity contribution in [3.8, 4) is 6.07 Å². The second-order valence-electron chi connectivity index (χ2n) is 3.94. The highest BCUT2D eigenvalue weighted by Crippen LogP contribution is 2.08. The molecule has 0 fully saturated rings. The van der Waals surface area contributed by atoms with Gasteiger partial charge < -0.3 is 4.90 Å².